The van der Waals surface area contributed by atoms with E-state index < -0.39 is 0 Å². The predicted octanol–water partition coefficient (Wildman–Crippen LogP) is 11.8. The summed E-state index contributed by atoms with van der Waals surface area (Å²) in [4.78, 5) is 5.24. The number of anilines is 6. The summed E-state index contributed by atoms with van der Waals surface area (Å²) in [6, 6.07) is 76.8. The Labute approximate surface area is 371 Å². The normalized spacial score (nSPS) is 13.5. The highest BCUT2D eigenvalue weighted by atomic mass is 15.2. The molecule has 64 heavy (non-hydrogen) atoms. The van der Waals surface area contributed by atoms with Crippen molar-refractivity contribution in [1.82, 2.24) is 8.96 Å². The van der Waals surface area contributed by atoms with Crippen molar-refractivity contribution >= 4 is 91.5 Å². The molecule has 0 fully saturated rings. The summed E-state index contributed by atoms with van der Waals surface area (Å²) < 4.78 is 5.17. The molecule has 0 amide bonds. The highest BCUT2D eigenvalue weighted by Gasteiger charge is 2.51. The van der Waals surface area contributed by atoms with Crippen LogP contribution in [-0.2, 0) is 0 Å². The molecule has 0 atom stereocenters. The van der Waals surface area contributed by atoms with Crippen molar-refractivity contribution in [2.75, 3.05) is 9.80 Å². The van der Waals surface area contributed by atoms with Gasteiger partial charge in [0.2, 0.25) is 0 Å². The molecule has 6 heterocycles. The maximum absolute atomic E-state index is 2.62. The lowest BCUT2D eigenvalue weighted by atomic mass is 9.40. The minimum absolute atomic E-state index is 0.0835. The third-order valence-corrected chi connectivity index (χ3v) is 14.5. The maximum atomic E-state index is 2.62. The zero-order valence-electron chi connectivity index (χ0n) is 34.7. The number of para-hydroxylation sites is 4. The molecule has 0 saturated heterocycles. The van der Waals surface area contributed by atoms with Crippen LogP contribution in [0.15, 0.2) is 219 Å². The Morgan fingerprint density at radius 2 is 0.734 bits per heavy atom. The van der Waals surface area contributed by atoms with E-state index in [4.69, 9.17) is 0 Å². The standard InChI is InChI=1S/C58H36B2N4/c1-5-15-37(16-6-1)41-27-29-47-49(35-41)63(43-21-9-3-10-22-43)57-51-45-25-13-20-40-32-34-62(56(40)45)60-48-30-28-42(38-17-7-2-8-18-38)36-50(48)64(44-23-11-4-12-24-44)58(54(51)60)52-46-26-14-19-39-31-33-61(55(39)46)59(47)53(52)57/h1-36H. The van der Waals surface area contributed by atoms with Gasteiger partial charge >= 0.3 is 13.7 Å². The number of nitrogens with zero attached hydrogens (tertiary/aromatic N) is 4. The van der Waals surface area contributed by atoms with Gasteiger partial charge in [-0.25, -0.2) is 0 Å². The van der Waals surface area contributed by atoms with E-state index >= 15 is 0 Å². The quantitative estimate of drug-likeness (QED) is 0.165. The highest BCUT2D eigenvalue weighted by molar-refractivity contribution is 6.93. The van der Waals surface area contributed by atoms with Gasteiger partial charge in [0, 0.05) is 56.0 Å². The zero-order chi connectivity index (χ0) is 41.6. The van der Waals surface area contributed by atoms with Crippen molar-refractivity contribution in [3.05, 3.63) is 219 Å². The van der Waals surface area contributed by atoms with Gasteiger partial charge in [-0.3, -0.25) is 0 Å². The highest BCUT2D eigenvalue weighted by Crippen LogP contribution is 2.55. The Hall–Kier alpha value is -8.21. The van der Waals surface area contributed by atoms with Crippen LogP contribution in [0.2, 0.25) is 0 Å². The van der Waals surface area contributed by atoms with Crippen LogP contribution < -0.4 is 31.7 Å². The summed E-state index contributed by atoms with van der Waals surface area (Å²) in [5.74, 6) is 0. The summed E-state index contributed by atoms with van der Waals surface area (Å²) in [6.45, 7) is -0.167. The molecule has 4 nitrogen and oxygen atoms in total. The van der Waals surface area contributed by atoms with Gasteiger partial charge < -0.3 is 18.8 Å². The molecular weight excluding hydrogens is 774 g/mol. The number of hydrogen-bond acceptors (Lipinski definition) is 2. The molecule has 0 unspecified atom stereocenters. The fraction of sp³-hybridized carbons (Fsp3) is 0. The van der Waals surface area contributed by atoms with E-state index in [1.165, 1.54) is 111 Å². The van der Waals surface area contributed by atoms with E-state index in [0.717, 1.165) is 11.4 Å². The third kappa shape index (κ3) is 4.44. The number of aromatic nitrogens is 2. The van der Waals surface area contributed by atoms with Gasteiger partial charge in [0.1, 0.15) is 0 Å². The first-order chi connectivity index (χ1) is 31.8. The van der Waals surface area contributed by atoms with Crippen molar-refractivity contribution < 1.29 is 0 Å². The SMILES string of the molecule is c1ccc(-c2ccc3c(c2)N(c2ccccc2)c2c4c(c5c6c2-c2cccc7ccn(c27)B6c2ccc(-c6ccccc6)cc2N5c2ccccc2)-c2cccc5ccn(c25)B34)cc1. The van der Waals surface area contributed by atoms with E-state index in [1.54, 1.807) is 0 Å². The first-order valence-corrected chi connectivity index (χ1v) is 22.3. The average molecular weight is 811 g/mol. The Bertz CT molecular complexity index is 3500. The van der Waals surface area contributed by atoms with Crippen molar-refractivity contribution in [2.45, 2.75) is 0 Å². The van der Waals surface area contributed by atoms with Crippen LogP contribution in [0.4, 0.5) is 34.1 Å². The van der Waals surface area contributed by atoms with Gasteiger partial charge in [-0.2, -0.15) is 0 Å². The Morgan fingerprint density at radius 1 is 0.328 bits per heavy atom. The number of fused-ring (bicyclic) bond motifs is 10. The summed E-state index contributed by atoms with van der Waals surface area (Å²) in [6.07, 6.45) is 4.68. The fourth-order valence-corrected chi connectivity index (χ4v) is 12.0. The van der Waals surface area contributed by atoms with Crippen LogP contribution in [0.25, 0.3) is 66.3 Å². The van der Waals surface area contributed by atoms with E-state index in [0.29, 0.717) is 0 Å². The topological polar surface area (TPSA) is 16.3 Å². The van der Waals surface area contributed by atoms with E-state index in [9.17, 15) is 0 Å². The molecule has 0 saturated carbocycles. The first-order valence-electron chi connectivity index (χ1n) is 22.3. The van der Waals surface area contributed by atoms with Gasteiger partial charge in [0.15, 0.2) is 0 Å². The van der Waals surface area contributed by atoms with Gasteiger partial charge in [-0.1, -0.05) is 158 Å². The minimum Gasteiger partial charge on any atom is -0.382 e. The van der Waals surface area contributed by atoms with E-state index in [-0.39, 0.29) is 13.7 Å². The van der Waals surface area contributed by atoms with Gasteiger partial charge in [0.25, 0.3) is 0 Å². The molecule has 0 bridgehead atoms. The third-order valence-electron chi connectivity index (χ3n) is 14.5. The van der Waals surface area contributed by atoms with E-state index in [2.05, 4.69) is 237 Å². The second-order valence-electron chi connectivity index (χ2n) is 17.6. The van der Waals surface area contributed by atoms with Crippen molar-refractivity contribution in [1.29, 1.82) is 0 Å². The molecule has 0 aliphatic carbocycles. The van der Waals surface area contributed by atoms with Crippen molar-refractivity contribution in [3.63, 3.8) is 0 Å². The molecule has 2 aromatic heterocycles. The molecule has 0 N–H and O–H groups in total. The molecule has 0 spiro atoms. The fourth-order valence-electron chi connectivity index (χ4n) is 12.0. The Balaban J connectivity index is 1.17. The average Bonchev–Trinajstić information content (AvgIpc) is 4.01. The van der Waals surface area contributed by atoms with Crippen LogP contribution in [0.5, 0.6) is 0 Å². The van der Waals surface area contributed by atoms with E-state index in [1.807, 2.05) is 0 Å². The van der Waals surface area contributed by atoms with Gasteiger partial charge in [0.05, 0.1) is 11.4 Å². The zero-order valence-corrected chi connectivity index (χ0v) is 34.7. The van der Waals surface area contributed by atoms with Crippen molar-refractivity contribution in [2.24, 2.45) is 0 Å². The molecule has 4 aliphatic heterocycles. The van der Waals surface area contributed by atoms with Crippen LogP contribution in [0.1, 0.15) is 0 Å². The second-order valence-corrected chi connectivity index (χ2v) is 17.6. The lowest BCUT2D eigenvalue weighted by molar-refractivity contribution is 1.20. The second kappa shape index (κ2) is 12.7. The van der Waals surface area contributed by atoms with Crippen LogP contribution in [0.3, 0.4) is 0 Å². The van der Waals surface area contributed by atoms with Crippen molar-refractivity contribution in [3.8, 4) is 44.5 Å². The summed E-state index contributed by atoms with van der Waals surface area (Å²) in [5, 5.41) is 2.51. The molecule has 11 aromatic rings. The summed E-state index contributed by atoms with van der Waals surface area (Å²) in [7, 11) is 0. The molecule has 15 rings (SSSR count). The Kier molecular flexibility index (Phi) is 6.82. The predicted molar refractivity (Wildman–Crippen MR) is 269 cm³/mol. The molecule has 4 aliphatic rings. The number of rotatable bonds is 4. The summed E-state index contributed by atoms with van der Waals surface area (Å²) >= 11 is 0. The number of hydrogen-bond donors (Lipinski definition) is 0. The van der Waals surface area contributed by atoms with Gasteiger partial charge in [-0.05, 0) is 116 Å². The maximum Gasteiger partial charge on any atom is 0.332 e. The molecular formula is C58H36B2N4. The summed E-state index contributed by atoms with van der Waals surface area (Å²) in [5.41, 5.74) is 25.0. The number of benzene rings is 9. The largest absolute Gasteiger partial charge is 0.382 e. The lowest BCUT2D eigenvalue weighted by Gasteiger charge is -2.48. The minimum atomic E-state index is -0.0835. The lowest BCUT2D eigenvalue weighted by Crippen LogP contribution is -2.61. The van der Waals surface area contributed by atoms with Crippen LogP contribution in [0, 0.1) is 0 Å². The van der Waals surface area contributed by atoms with Crippen LogP contribution in [-0.4, -0.2) is 22.7 Å². The molecule has 0 radical (unpaired) electrons. The molecule has 294 valence electrons. The monoisotopic (exact) mass is 810 g/mol. The smallest absolute Gasteiger partial charge is 0.332 e. The van der Waals surface area contributed by atoms with Crippen LogP contribution >= 0.6 is 0 Å². The first kappa shape index (κ1) is 34.4. The van der Waals surface area contributed by atoms with Gasteiger partial charge in [-0.15, -0.1) is 0 Å². The molecule has 6 heteroatoms. The molecule has 9 aromatic carbocycles. The Morgan fingerprint density at radius 3 is 1.16 bits per heavy atom.